The molecule has 1 saturated heterocycles. The van der Waals surface area contributed by atoms with Crippen molar-refractivity contribution < 1.29 is 4.74 Å². The Hall–Kier alpha value is -2.37. The molecule has 1 aliphatic heterocycles. The maximum atomic E-state index is 12.5. The predicted molar refractivity (Wildman–Crippen MR) is 121 cm³/mol. The lowest BCUT2D eigenvalue weighted by atomic mass is 9.90. The maximum absolute atomic E-state index is 12.5. The van der Waals surface area contributed by atoms with E-state index in [1.807, 2.05) is 22.8 Å². The molecule has 30 heavy (non-hydrogen) atoms. The minimum absolute atomic E-state index is 0.00830. The van der Waals surface area contributed by atoms with Gasteiger partial charge in [-0.25, -0.2) is 0 Å². The van der Waals surface area contributed by atoms with Crippen LogP contribution in [0, 0.1) is 5.92 Å². The van der Waals surface area contributed by atoms with Gasteiger partial charge in [-0.2, -0.15) is 0 Å². The van der Waals surface area contributed by atoms with Crippen LogP contribution in [0.25, 0.3) is 11.0 Å². The summed E-state index contributed by atoms with van der Waals surface area (Å²) < 4.78 is 7.10. The van der Waals surface area contributed by atoms with E-state index in [1.54, 1.807) is 25.4 Å². The van der Waals surface area contributed by atoms with Crippen molar-refractivity contribution in [2.75, 3.05) is 26.7 Å². The van der Waals surface area contributed by atoms with Crippen LogP contribution in [0.2, 0.25) is 5.02 Å². The Morgan fingerprint density at radius 3 is 2.73 bits per heavy atom. The molecule has 1 aliphatic rings. The minimum Gasteiger partial charge on any atom is -0.495 e. The number of aromatic nitrogens is 2. The van der Waals surface area contributed by atoms with Gasteiger partial charge in [0, 0.05) is 30.2 Å². The van der Waals surface area contributed by atoms with Gasteiger partial charge < -0.3 is 14.2 Å². The van der Waals surface area contributed by atoms with Crippen LogP contribution >= 0.6 is 11.6 Å². The lowest BCUT2D eigenvalue weighted by Crippen LogP contribution is -2.37. The first-order valence-corrected chi connectivity index (χ1v) is 11.0. The number of hydrogen-bond donors (Lipinski definition) is 0. The molecule has 0 aliphatic carbocycles. The van der Waals surface area contributed by atoms with Crippen molar-refractivity contribution in [1.29, 1.82) is 0 Å². The number of aryl methyl sites for hydroxylation is 1. The highest BCUT2D eigenvalue weighted by Crippen LogP contribution is 2.23. The second kappa shape index (κ2) is 9.63. The quantitative estimate of drug-likeness (QED) is 0.562. The molecule has 6 heteroatoms. The molecule has 3 heterocycles. The Morgan fingerprint density at radius 2 is 1.97 bits per heavy atom. The number of methoxy groups -OCH3 is 1. The van der Waals surface area contributed by atoms with Crippen LogP contribution in [-0.2, 0) is 13.0 Å². The van der Waals surface area contributed by atoms with Crippen molar-refractivity contribution in [2.24, 2.45) is 5.92 Å². The normalized spacial score (nSPS) is 15.5. The van der Waals surface area contributed by atoms with Crippen LogP contribution < -0.4 is 10.3 Å². The molecule has 0 spiro atoms. The second-order valence-electron chi connectivity index (χ2n) is 8.06. The lowest BCUT2D eigenvalue weighted by molar-refractivity contribution is 0.174. The Labute approximate surface area is 182 Å². The number of rotatable bonds is 7. The Bertz CT molecular complexity index is 1060. The maximum Gasteiger partial charge on any atom is 0.251 e. The van der Waals surface area contributed by atoms with Crippen LogP contribution in [0.1, 0.15) is 24.8 Å². The van der Waals surface area contributed by atoms with Gasteiger partial charge in [0.1, 0.15) is 5.75 Å². The van der Waals surface area contributed by atoms with Crippen LogP contribution in [0.5, 0.6) is 5.75 Å². The van der Waals surface area contributed by atoms with Gasteiger partial charge in [-0.15, -0.1) is 0 Å². The van der Waals surface area contributed by atoms with Crippen LogP contribution in [0.3, 0.4) is 0 Å². The van der Waals surface area contributed by atoms with Crippen molar-refractivity contribution in [3.05, 3.63) is 69.6 Å². The van der Waals surface area contributed by atoms with E-state index in [1.165, 1.54) is 24.8 Å². The molecular weight excluding hydrogens is 398 g/mol. The SMILES string of the molecule is COc1cnc2ccc(=O)n(CCN3CCC(CCc4cccc(Cl)c4)CC3)c2c1. The largest absolute Gasteiger partial charge is 0.495 e. The van der Waals surface area contributed by atoms with Crippen LogP contribution in [-0.4, -0.2) is 41.2 Å². The minimum atomic E-state index is 0.00830. The van der Waals surface area contributed by atoms with Crippen molar-refractivity contribution in [3.63, 3.8) is 0 Å². The summed E-state index contributed by atoms with van der Waals surface area (Å²) in [6, 6.07) is 13.5. The number of halogens is 1. The van der Waals surface area contributed by atoms with Gasteiger partial charge in [-0.05, 0) is 68.5 Å². The first kappa shape index (κ1) is 20.9. The zero-order chi connectivity index (χ0) is 20.9. The molecule has 158 valence electrons. The summed E-state index contributed by atoms with van der Waals surface area (Å²) in [6.45, 7) is 3.71. The zero-order valence-corrected chi connectivity index (χ0v) is 18.1. The molecule has 0 N–H and O–H groups in total. The lowest BCUT2D eigenvalue weighted by Gasteiger charge is -2.32. The molecule has 2 aromatic heterocycles. The standard InChI is InChI=1S/C24H28ClN3O2/c1-30-21-16-23-22(26-17-21)7-8-24(29)28(23)14-13-27-11-9-18(10-12-27)5-6-19-3-2-4-20(25)15-19/h2-4,7-8,15-18H,5-6,9-14H2,1H3. The molecule has 3 aromatic rings. The molecule has 0 atom stereocenters. The van der Waals surface area contributed by atoms with Gasteiger partial charge in [-0.1, -0.05) is 23.7 Å². The average molecular weight is 426 g/mol. The second-order valence-corrected chi connectivity index (χ2v) is 8.49. The molecule has 4 rings (SSSR count). The third-order valence-electron chi connectivity index (χ3n) is 6.13. The van der Waals surface area contributed by atoms with E-state index in [9.17, 15) is 4.79 Å². The molecule has 0 amide bonds. The van der Waals surface area contributed by atoms with Crippen LogP contribution in [0.15, 0.2) is 53.5 Å². The van der Waals surface area contributed by atoms with E-state index in [0.717, 1.165) is 48.0 Å². The highest BCUT2D eigenvalue weighted by Gasteiger charge is 2.19. The average Bonchev–Trinajstić information content (AvgIpc) is 2.77. The first-order chi connectivity index (χ1) is 14.6. The molecule has 0 bridgehead atoms. The molecule has 1 fully saturated rings. The number of pyridine rings is 2. The molecule has 1 aromatic carbocycles. The van der Waals surface area contributed by atoms with Crippen LogP contribution in [0.4, 0.5) is 0 Å². The fourth-order valence-corrected chi connectivity index (χ4v) is 4.51. The van der Waals surface area contributed by atoms with E-state index < -0.39 is 0 Å². The predicted octanol–water partition coefficient (Wildman–Crippen LogP) is 4.40. The van der Waals surface area contributed by atoms with Gasteiger partial charge in [0.15, 0.2) is 0 Å². The van der Waals surface area contributed by atoms with Gasteiger partial charge in [0.05, 0.1) is 24.3 Å². The van der Waals surface area contributed by atoms with Gasteiger partial charge in [0.25, 0.3) is 5.56 Å². The molecule has 0 unspecified atom stereocenters. The van der Waals surface area contributed by atoms with E-state index in [0.29, 0.717) is 12.3 Å². The summed E-state index contributed by atoms with van der Waals surface area (Å²) in [7, 11) is 1.62. The fraction of sp³-hybridized carbons (Fsp3) is 0.417. The number of fused-ring (bicyclic) bond motifs is 1. The van der Waals surface area contributed by atoms with Gasteiger partial charge >= 0.3 is 0 Å². The number of benzene rings is 1. The summed E-state index contributed by atoms with van der Waals surface area (Å²) in [6.07, 6.45) is 6.40. The summed E-state index contributed by atoms with van der Waals surface area (Å²) in [5, 5.41) is 0.818. The third kappa shape index (κ3) is 5.02. The summed E-state index contributed by atoms with van der Waals surface area (Å²) >= 11 is 6.09. The van der Waals surface area contributed by atoms with E-state index in [4.69, 9.17) is 16.3 Å². The van der Waals surface area contributed by atoms with E-state index in [2.05, 4.69) is 22.0 Å². The fourth-order valence-electron chi connectivity index (χ4n) is 4.29. The number of ether oxygens (including phenoxy) is 1. The molecule has 5 nitrogen and oxygen atoms in total. The van der Waals surface area contributed by atoms with Crippen molar-refractivity contribution in [1.82, 2.24) is 14.5 Å². The Morgan fingerprint density at radius 1 is 1.13 bits per heavy atom. The molecule has 0 radical (unpaired) electrons. The zero-order valence-electron chi connectivity index (χ0n) is 17.4. The van der Waals surface area contributed by atoms with Crippen molar-refractivity contribution in [3.8, 4) is 5.75 Å². The van der Waals surface area contributed by atoms with E-state index >= 15 is 0 Å². The summed E-state index contributed by atoms with van der Waals surface area (Å²) in [5.41, 5.74) is 2.98. The summed E-state index contributed by atoms with van der Waals surface area (Å²) in [5.74, 6) is 1.43. The molecule has 0 saturated carbocycles. The monoisotopic (exact) mass is 425 g/mol. The molecular formula is C24H28ClN3O2. The highest BCUT2D eigenvalue weighted by atomic mass is 35.5. The number of hydrogen-bond acceptors (Lipinski definition) is 4. The number of piperidine rings is 1. The van der Waals surface area contributed by atoms with E-state index in [-0.39, 0.29) is 5.56 Å². The highest BCUT2D eigenvalue weighted by molar-refractivity contribution is 6.30. The third-order valence-corrected chi connectivity index (χ3v) is 6.36. The Balaban J connectivity index is 1.32. The van der Waals surface area contributed by atoms with Gasteiger partial charge in [-0.3, -0.25) is 9.78 Å². The number of nitrogens with zero attached hydrogens (tertiary/aromatic N) is 3. The topological polar surface area (TPSA) is 47.4 Å². The van der Waals surface area contributed by atoms with Crippen molar-refractivity contribution >= 4 is 22.6 Å². The number of likely N-dealkylation sites (tertiary alicyclic amines) is 1. The van der Waals surface area contributed by atoms with Gasteiger partial charge in [0.2, 0.25) is 0 Å². The smallest absolute Gasteiger partial charge is 0.251 e. The summed E-state index contributed by atoms with van der Waals surface area (Å²) in [4.78, 5) is 19.3. The van der Waals surface area contributed by atoms with Crippen molar-refractivity contribution in [2.45, 2.75) is 32.2 Å². The Kier molecular flexibility index (Phi) is 6.70. The first-order valence-electron chi connectivity index (χ1n) is 10.6.